The summed E-state index contributed by atoms with van der Waals surface area (Å²) in [6, 6.07) is 9.96. The molecule has 0 aliphatic carbocycles. The van der Waals surface area contributed by atoms with Gasteiger partial charge < -0.3 is 15.0 Å². The largest absolute Gasteiger partial charge is 0.497 e. The highest BCUT2D eigenvalue weighted by Crippen LogP contribution is 2.34. The van der Waals surface area contributed by atoms with Gasteiger partial charge in [-0.1, -0.05) is 17.7 Å². The van der Waals surface area contributed by atoms with E-state index in [1.807, 2.05) is 0 Å². The van der Waals surface area contributed by atoms with Gasteiger partial charge >= 0.3 is 0 Å². The third-order valence-corrected chi connectivity index (χ3v) is 6.06. The van der Waals surface area contributed by atoms with Gasteiger partial charge in [0.25, 0.3) is 17.9 Å². The first-order valence-corrected chi connectivity index (χ1v) is 11.1. The maximum atomic E-state index is 15.0. The van der Waals surface area contributed by atoms with E-state index >= 15 is 4.39 Å². The van der Waals surface area contributed by atoms with Crippen LogP contribution in [-0.2, 0) is 11.3 Å². The fraction of sp³-hybridized carbons (Fsp3) is 0.250. The molecule has 0 bridgehead atoms. The number of benzene rings is 2. The molecule has 1 aromatic heterocycles. The van der Waals surface area contributed by atoms with Crippen molar-refractivity contribution in [2.24, 2.45) is 0 Å². The van der Waals surface area contributed by atoms with Crippen molar-refractivity contribution in [2.75, 3.05) is 18.6 Å². The highest BCUT2D eigenvalue weighted by atomic mass is 35.5. The molecule has 3 aromatic rings. The van der Waals surface area contributed by atoms with Gasteiger partial charge in [-0.05, 0) is 42.0 Å². The van der Waals surface area contributed by atoms with Gasteiger partial charge in [0.2, 0.25) is 5.91 Å². The molecule has 8 nitrogen and oxygen atoms in total. The first kappa shape index (κ1) is 25.2. The lowest BCUT2D eigenvalue weighted by molar-refractivity contribution is -0.118. The lowest BCUT2D eigenvalue weighted by Gasteiger charge is -2.19. The zero-order valence-corrected chi connectivity index (χ0v) is 19.6. The van der Waals surface area contributed by atoms with E-state index in [1.54, 1.807) is 0 Å². The molecule has 1 unspecified atom stereocenters. The molecule has 12 heteroatoms. The predicted molar refractivity (Wildman–Crippen MR) is 125 cm³/mol. The molecule has 1 fully saturated rings. The third kappa shape index (κ3) is 5.06. The Morgan fingerprint density at radius 1 is 1.19 bits per heavy atom. The van der Waals surface area contributed by atoms with Crippen LogP contribution in [0.1, 0.15) is 21.8 Å². The van der Waals surface area contributed by atoms with Crippen LogP contribution in [0.5, 0.6) is 5.75 Å². The molecule has 0 spiro atoms. The summed E-state index contributed by atoms with van der Waals surface area (Å²) in [6.07, 6.45) is -1.72. The summed E-state index contributed by atoms with van der Waals surface area (Å²) in [5.74, 6) is -2.65. The summed E-state index contributed by atoms with van der Waals surface area (Å²) in [6.45, 7) is -1.15. The number of nitrogens with one attached hydrogen (secondary N) is 1. The van der Waals surface area contributed by atoms with E-state index in [-0.39, 0.29) is 29.1 Å². The van der Waals surface area contributed by atoms with Gasteiger partial charge in [-0.3, -0.25) is 14.4 Å². The van der Waals surface area contributed by atoms with Crippen LogP contribution in [0.25, 0.3) is 0 Å². The second-order valence-corrected chi connectivity index (χ2v) is 8.43. The molecule has 4 rings (SSSR count). The average Bonchev–Trinajstić information content (AvgIpc) is 3.16. The number of alkyl halides is 2. The van der Waals surface area contributed by atoms with Crippen molar-refractivity contribution >= 4 is 29.1 Å². The van der Waals surface area contributed by atoms with Crippen LogP contribution in [0, 0.1) is 5.82 Å². The van der Waals surface area contributed by atoms with E-state index in [4.69, 9.17) is 16.3 Å². The number of halogens is 4. The van der Waals surface area contributed by atoms with Crippen molar-refractivity contribution < 1.29 is 27.5 Å². The molecule has 0 radical (unpaired) electrons. The lowest BCUT2D eigenvalue weighted by atomic mass is 9.93. The van der Waals surface area contributed by atoms with Gasteiger partial charge in [-0.15, -0.1) is 0 Å². The Labute approximate surface area is 208 Å². The minimum absolute atomic E-state index is 0.106. The van der Waals surface area contributed by atoms with E-state index in [9.17, 15) is 23.2 Å². The minimum Gasteiger partial charge on any atom is -0.497 e. The number of methoxy groups -OCH3 is 1. The maximum Gasteiger partial charge on any atom is 0.290 e. The monoisotopic (exact) mass is 520 g/mol. The molecule has 1 N–H and O–H groups in total. The van der Waals surface area contributed by atoms with Crippen LogP contribution in [0.4, 0.5) is 18.9 Å². The lowest BCUT2D eigenvalue weighted by Crippen LogP contribution is -2.44. The fourth-order valence-electron chi connectivity index (χ4n) is 4.06. The first-order chi connectivity index (χ1) is 17.2. The maximum absolute atomic E-state index is 15.0. The third-order valence-electron chi connectivity index (χ3n) is 5.81. The van der Waals surface area contributed by atoms with Crippen molar-refractivity contribution in [3.63, 3.8) is 0 Å². The molecule has 36 heavy (non-hydrogen) atoms. The molecular weight excluding hydrogens is 501 g/mol. The normalized spacial score (nSPS) is 17.5. The Morgan fingerprint density at radius 2 is 1.92 bits per heavy atom. The Bertz CT molecular complexity index is 1350. The number of amides is 2. The van der Waals surface area contributed by atoms with Crippen molar-refractivity contribution in [3.8, 4) is 5.75 Å². The zero-order valence-electron chi connectivity index (χ0n) is 18.8. The summed E-state index contributed by atoms with van der Waals surface area (Å²) >= 11 is 5.87. The average molecular weight is 521 g/mol. The van der Waals surface area contributed by atoms with E-state index in [0.717, 1.165) is 17.2 Å². The van der Waals surface area contributed by atoms with Crippen LogP contribution in [-0.4, -0.2) is 47.7 Å². The molecule has 2 atom stereocenters. The summed E-state index contributed by atoms with van der Waals surface area (Å²) in [5.41, 5.74) is -0.805. The van der Waals surface area contributed by atoms with Gasteiger partial charge in [-0.2, -0.15) is 5.10 Å². The summed E-state index contributed by atoms with van der Waals surface area (Å²) in [4.78, 5) is 40.2. The van der Waals surface area contributed by atoms with Crippen LogP contribution in [0.3, 0.4) is 0 Å². The molecule has 2 heterocycles. The number of anilines is 1. The molecule has 0 saturated carbocycles. The quantitative estimate of drug-likeness (QED) is 0.516. The molecule has 188 valence electrons. The topological polar surface area (TPSA) is 93.5 Å². The van der Waals surface area contributed by atoms with Gasteiger partial charge in [-0.25, -0.2) is 17.9 Å². The number of hydrogen-bond acceptors (Lipinski definition) is 5. The van der Waals surface area contributed by atoms with E-state index in [2.05, 4.69) is 10.4 Å². The number of hydrogen-bond donors (Lipinski definition) is 1. The number of rotatable bonds is 7. The molecule has 1 aliphatic heterocycles. The molecular formula is C24H20ClF3N4O4. The zero-order chi connectivity index (χ0) is 26.0. The standard InChI is InChI=1S/C24H20ClF3N4O4/c1-36-15-6-7-16(18(26)10-15)17-11-31(19-8-9-29-32(23(19)34)12-20(27)28)24(35)21(17)30-22(33)13-2-4-14(25)5-3-13/h2-10,17,20-21H,11-12H2,1H3,(H,30,33)/t17-,21?/m0/s1. The number of nitrogens with zero attached hydrogens (tertiary/aromatic N) is 3. The Balaban J connectivity index is 1.73. The fourth-order valence-corrected chi connectivity index (χ4v) is 4.18. The van der Waals surface area contributed by atoms with Crippen LogP contribution >= 0.6 is 11.6 Å². The van der Waals surface area contributed by atoms with Gasteiger partial charge in [0.1, 0.15) is 29.8 Å². The van der Waals surface area contributed by atoms with Crippen molar-refractivity contribution in [2.45, 2.75) is 24.9 Å². The summed E-state index contributed by atoms with van der Waals surface area (Å²) < 4.78 is 46.4. The van der Waals surface area contributed by atoms with Gasteiger partial charge in [0.15, 0.2) is 0 Å². The Hall–Kier alpha value is -3.86. The Morgan fingerprint density at radius 3 is 2.56 bits per heavy atom. The molecule has 1 saturated heterocycles. The number of carbonyl (C=O) groups excluding carboxylic acids is 2. The smallest absolute Gasteiger partial charge is 0.290 e. The molecule has 1 aliphatic rings. The van der Waals surface area contributed by atoms with Crippen LogP contribution in [0.2, 0.25) is 5.02 Å². The number of carbonyl (C=O) groups is 2. The summed E-state index contributed by atoms with van der Waals surface area (Å²) in [5, 5.41) is 6.66. The van der Waals surface area contributed by atoms with Crippen LogP contribution in [0.15, 0.2) is 59.5 Å². The molecule has 2 amide bonds. The second-order valence-electron chi connectivity index (χ2n) is 8.00. The first-order valence-electron chi connectivity index (χ1n) is 10.7. The van der Waals surface area contributed by atoms with E-state index < -0.39 is 48.1 Å². The number of aromatic nitrogens is 2. The van der Waals surface area contributed by atoms with Crippen molar-refractivity contribution in [1.29, 1.82) is 0 Å². The van der Waals surface area contributed by atoms with Gasteiger partial charge in [0, 0.05) is 35.3 Å². The summed E-state index contributed by atoms with van der Waals surface area (Å²) in [7, 11) is 1.37. The highest BCUT2D eigenvalue weighted by Gasteiger charge is 2.44. The SMILES string of the molecule is COc1ccc([C@@H]2CN(c3ccnn(CC(F)F)c3=O)C(=O)C2NC(=O)c2ccc(Cl)cc2)c(F)c1. The van der Waals surface area contributed by atoms with Crippen molar-refractivity contribution in [1.82, 2.24) is 15.1 Å². The Kier molecular flexibility index (Phi) is 7.30. The minimum atomic E-state index is -2.84. The number of ether oxygens (including phenoxy) is 1. The highest BCUT2D eigenvalue weighted by molar-refractivity contribution is 6.30. The van der Waals surface area contributed by atoms with E-state index in [0.29, 0.717) is 9.70 Å². The second kappa shape index (κ2) is 10.4. The van der Waals surface area contributed by atoms with Crippen molar-refractivity contribution in [3.05, 3.63) is 87.0 Å². The predicted octanol–water partition coefficient (Wildman–Crippen LogP) is 3.24. The molecule has 2 aromatic carbocycles. The van der Waals surface area contributed by atoms with Crippen LogP contribution < -0.4 is 20.5 Å². The van der Waals surface area contributed by atoms with E-state index in [1.165, 1.54) is 49.6 Å². The van der Waals surface area contributed by atoms with Gasteiger partial charge in [0.05, 0.1) is 7.11 Å².